The normalized spacial score (nSPS) is 10.1. The van der Waals surface area contributed by atoms with Crippen LogP contribution in [0.15, 0.2) is 34.0 Å². The molecule has 0 radical (unpaired) electrons. The molecule has 0 amide bonds. The molecule has 0 spiro atoms. The number of rotatable bonds is 3. The van der Waals surface area contributed by atoms with Gasteiger partial charge in [0.25, 0.3) is 5.56 Å². The molecule has 0 bridgehead atoms. The van der Waals surface area contributed by atoms with E-state index in [0.29, 0.717) is 13.1 Å². The van der Waals surface area contributed by atoms with Crippen molar-refractivity contribution in [3.05, 3.63) is 45.3 Å². The first-order valence-electron chi connectivity index (χ1n) is 4.51. The Morgan fingerprint density at radius 2 is 2.14 bits per heavy atom. The van der Waals surface area contributed by atoms with Crippen LogP contribution in [0.1, 0.15) is 13.8 Å². The zero-order chi connectivity index (χ0) is 10.7. The molecule has 0 aliphatic rings. The molecule has 0 aliphatic heterocycles. The van der Waals surface area contributed by atoms with Crippen molar-refractivity contribution in [1.82, 2.24) is 9.13 Å². The molecule has 0 N–H and O–H groups in total. The summed E-state index contributed by atoms with van der Waals surface area (Å²) in [6.45, 7) is 8.18. The van der Waals surface area contributed by atoms with Gasteiger partial charge in [-0.05, 0) is 13.8 Å². The second kappa shape index (κ2) is 4.09. The van der Waals surface area contributed by atoms with Crippen molar-refractivity contribution in [3.8, 4) is 0 Å². The van der Waals surface area contributed by atoms with Crippen molar-refractivity contribution in [3.63, 3.8) is 0 Å². The fourth-order valence-electron chi connectivity index (χ4n) is 1.21. The molecule has 0 atom stereocenters. The molecule has 0 aromatic carbocycles. The second-order valence-corrected chi connectivity index (χ2v) is 3.27. The monoisotopic (exact) mass is 194 g/mol. The van der Waals surface area contributed by atoms with Gasteiger partial charge in [0, 0.05) is 18.8 Å². The number of hydrogen-bond acceptors (Lipinski definition) is 2. The highest BCUT2D eigenvalue weighted by Crippen LogP contribution is 1.88. The third-order valence-electron chi connectivity index (χ3n) is 1.91. The van der Waals surface area contributed by atoms with Gasteiger partial charge in [0.15, 0.2) is 0 Å². The summed E-state index contributed by atoms with van der Waals surface area (Å²) in [5.41, 5.74) is 0.240. The van der Waals surface area contributed by atoms with Crippen LogP contribution < -0.4 is 11.2 Å². The van der Waals surface area contributed by atoms with Gasteiger partial charge in [0.1, 0.15) is 0 Å². The minimum Gasteiger partial charge on any atom is -0.301 e. The second-order valence-electron chi connectivity index (χ2n) is 3.27. The molecule has 1 heterocycles. The van der Waals surface area contributed by atoms with E-state index in [1.165, 1.54) is 21.4 Å². The van der Waals surface area contributed by atoms with Crippen molar-refractivity contribution >= 4 is 0 Å². The van der Waals surface area contributed by atoms with Gasteiger partial charge in [-0.15, -0.1) is 0 Å². The number of allylic oxidation sites excluding steroid dienone is 1. The van der Waals surface area contributed by atoms with Crippen molar-refractivity contribution in [2.45, 2.75) is 26.9 Å². The highest BCUT2D eigenvalue weighted by atomic mass is 16.2. The van der Waals surface area contributed by atoms with Crippen molar-refractivity contribution in [2.75, 3.05) is 0 Å². The van der Waals surface area contributed by atoms with Crippen LogP contribution in [-0.2, 0) is 13.1 Å². The molecule has 0 saturated carbocycles. The maximum absolute atomic E-state index is 11.6. The highest BCUT2D eigenvalue weighted by molar-refractivity contribution is 4.93. The SMILES string of the molecule is C=C(C)Cn1c(=O)ccn(CC)c1=O. The average Bonchev–Trinajstić information content (AvgIpc) is 2.12. The third-order valence-corrected chi connectivity index (χ3v) is 1.91. The van der Waals surface area contributed by atoms with Gasteiger partial charge in [-0.3, -0.25) is 9.36 Å². The Morgan fingerprint density at radius 1 is 1.50 bits per heavy atom. The minimum absolute atomic E-state index is 0.275. The Bertz CT molecular complexity index is 454. The van der Waals surface area contributed by atoms with Crippen LogP contribution in [0.5, 0.6) is 0 Å². The lowest BCUT2D eigenvalue weighted by atomic mass is 10.3. The third kappa shape index (κ3) is 2.02. The molecule has 4 nitrogen and oxygen atoms in total. The first-order chi connectivity index (χ1) is 6.56. The summed E-state index contributed by atoms with van der Waals surface area (Å²) < 4.78 is 2.68. The van der Waals surface area contributed by atoms with Gasteiger partial charge in [-0.25, -0.2) is 4.79 Å². The van der Waals surface area contributed by atoms with Crippen LogP contribution in [0, 0.1) is 0 Å². The molecule has 0 unspecified atom stereocenters. The average molecular weight is 194 g/mol. The van der Waals surface area contributed by atoms with Crippen LogP contribution in [0.4, 0.5) is 0 Å². The van der Waals surface area contributed by atoms with Crippen molar-refractivity contribution in [1.29, 1.82) is 0 Å². The quantitative estimate of drug-likeness (QED) is 0.661. The molecule has 4 heteroatoms. The summed E-state index contributed by atoms with van der Waals surface area (Å²) >= 11 is 0. The maximum atomic E-state index is 11.6. The minimum atomic E-state index is -0.275. The number of nitrogens with zero attached hydrogens (tertiary/aromatic N) is 2. The number of aromatic nitrogens is 2. The van der Waals surface area contributed by atoms with E-state index < -0.39 is 0 Å². The number of hydrogen-bond donors (Lipinski definition) is 0. The topological polar surface area (TPSA) is 44.0 Å². The van der Waals surface area contributed by atoms with Crippen LogP contribution >= 0.6 is 0 Å². The first kappa shape index (κ1) is 10.5. The van der Waals surface area contributed by atoms with E-state index in [0.717, 1.165) is 5.57 Å². The molecule has 14 heavy (non-hydrogen) atoms. The van der Waals surface area contributed by atoms with E-state index in [1.807, 2.05) is 6.92 Å². The highest BCUT2D eigenvalue weighted by Gasteiger charge is 2.03. The predicted octanol–water partition coefficient (Wildman–Crippen LogP) is 0.606. The summed E-state index contributed by atoms with van der Waals surface area (Å²) in [7, 11) is 0. The molecule has 0 fully saturated rings. The summed E-state index contributed by atoms with van der Waals surface area (Å²) in [4.78, 5) is 23.0. The Morgan fingerprint density at radius 3 is 2.64 bits per heavy atom. The predicted molar refractivity (Wildman–Crippen MR) is 55.5 cm³/mol. The molecular formula is C10H14N2O2. The summed E-state index contributed by atoms with van der Waals surface area (Å²) in [5.74, 6) is 0. The summed E-state index contributed by atoms with van der Waals surface area (Å²) in [5, 5.41) is 0. The lowest BCUT2D eigenvalue weighted by Crippen LogP contribution is -2.38. The van der Waals surface area contributed by atoms with Crippen molar-refractivity contribution in [2.24, 2.45) is 0 Å². The van der Waals surface area contributed by atoms with E-state index >= 15 is 0 Å². The molecule has 0 aliphatic carbocycles. The standard InChI is InChI=1S/C10H14N2O2/c1-4-11-6-5-9(13)12(10(11)14)7-8(2)3/h5-6H,2,4,7H2,1,3H3. The smallest absolute Gasteiger partial charge is 0.301 e. The van der Waals surface area contributed by atoms with Gasteiger partial charge in [0.2, 0.25) is 0 Å². The van der Waals surface area contributed by atoms with Gasteiger partial charge >= 0.3 is 5.69 Å². The summed E-state index contributed by atoms with van der Waals surface area (Å²) in [6.07, 6.45) is 1.51. The van der Waals surface area contributed by atoms with Crippen LogP contribution in [0.25, 0.3) is 0 Å². The molecule has 1 aromatic heterocycles. The first-order valence-corrected chi connectivity index (χ1v) is 4.51. The van der Waals surface area contributed by atoms with E-state index in [2.05, 4.69) is 6.58 Å². The van der Waals surface area contributed by atoms with Gasteiger partial charge < -0.3 is 4.57 Å². The van der Waals surface area contributed by atoms with Gasteiger partial charge in [0.05, 0.1) is 6.54 Å². The van der Waals surface area contributed by atoms with Crippen LogP contribution in [0.3, 0.4) is 0 Å². The Labute approximate surface area is 82.1 Å². The van der Waals surface area contributed by atoms with Crippen LogP contribution in [-0.4, -0.2) is 9.13 Å². The zero-order valence-electron chi connectivity index (χ0n) is 8.49. The largest absolute Gasteiger partial charge is 0.331 e. The van der Waals surface area contributed by atoms with Gasteiger partial charge in [-0.1, -0.05) is 12.2 Å². The molecule has 76 valence electrons. The van der Waals surface area contributed by atoms with Gasteiger partial charge in [-0.2, -0.15) is 0 Å². The Balaban J connectivity index is 3.33. The number of aryl methyl sites for hydroxylation is 1. The fourth-order valence-corrected chi connectivity index (χ4v) is 1.21. The molecule has 0 saturated heterocycles. The maximum Gasteiger partial charge on any atom is 0.331 e. The zero-order valence-corrected chi connectivity index (χ0v) is 8.49. The lowest BCUT2D eigenvalue weighted by Gasteiger charge is -2.07. The molecule has 1 aromatic rings. The lowest BCUT2D eigenvalue weighted by molar-refractivity contribution is 0.596. The fraction of sp³-hybridized carbons (Fsp3) is 0.400. The summed E-state index contributed by atoms with van der Waals surface area (Å²) in [6, 6.07) is 1.40. The Hall–Kier alpha value is -1.58. The van der Waals surface area contributed by atoms with E-state index in [4.69, 9.17) is 0 Å². The van der Waals surface area contributed by atoms with Crippen molar-refractivity contribution < 1.29 is 0 Å². The Kier molecular flexibility index (Phi) is 3.06. The van der Waals surface area contributed by atoms with E-state index in [9.17, 15) is 9.59 Å². The van der Waals surface area contributed by atoms with E-state index in [1.54, 1.807) is 6.92 Å². The molecular weight excluding hydrogens is 180 g/mol. The van der Waals surface area contributed by atoms with Crippen LogP contribution in [0.2, 0.25) is 0 Å². The van der Waals surface area contributed by atoms with E-state index in [-0.39, 0.29) is 11.2 Å². The molecule has 1 rings (SSSR count).